The van der Waals surface area contributed by atoms with Gasteiger partial charge in [-0.05, 0) is 19.1 Å². The molecule has 2 aromatic heterocycles. The lowest BCUT2D eigenvalue weighted by molar-refractivity contribution is -0.0664. The van der Waals surface area contributed by atoms with Gasteiger partial charge in [0.15, 0.2) is 5.82 Å². The van der Waals surface area contributed by atoms with Crippen LogP contribution in [0.15, 0.2) is 18.5 Å². The van der Waals surface area contributed by atoms with Gasteiger partial charge in [-0.1, -0.05) is 0 Å². The maximum atomic E-state index is 10.5. The molecule has 8 nitrogen and oxygen atoms in total. The number of rotatable bonds is 2. The van der Waals surface area contributed by atoms with Crippen LogP contribution in [0.5, 0.6) is 0 Å². The van der Waals surface area contributed by atoms with Crippen LogP contribution < -0.4 is 5.73 Å². The number of nitrogen functional groups attached to an aromatic ring is 1. The fourth-order valence-corrected chi connectivity index (χ4v) is 2.60. The fourth-order valence-electron chi connectivity index (χ4n) is 2.60. The molecular weight excluding hydrogens is 264 g/mol. The van der Waals surface area contributed by atoms with Crippen molar-refractivity contribution < 1.29 is 20.1 Å². The maximum Gasteiger partial charge on any atom is 0.151 e. The Morgan fingerprint density at radius 1 is 1.50 bits per heavy atom. The first-order valence-corrected chi connectivity index (χ1v) is 6.21. The lowest BCUT2D eigenvalue weighted by Crippen LogP contribution is -2.43. The standard InChI is InChI=1S/C12H16N4O4/c1-12(19)9(18)8(4-17)20-10(12)6-2-3-7-11(13)14-5-15-16(6)7/h2-3,5,8-10,17-19H,4H2,1H3,(H2,13,14,15)/t8-,9?,10+,12-/m1/s1. The molecule has 0 aromatic carbocycles. The van der Waals surface area contributed by atoms with E-state index in [4.69, 9.17) is 10.5 Å². The largest absolute Gasteiger partial charge is 0.394 e. The SMILES string of the molecule is C[C@@]1(O)C(O)[C@@H](CO)O[C@H]1c1ccc2c(N)ncnn12. The number of hydrogen-bond acceptors (Lipinski definition) is 7. The van der Waals surface area contributed by atoms with Crippen LogP contribution in [0.2, 0.25) is 0 Å². The first kappa shape index (κ1) is 13.3. The minimum absolute atomic E-state index is 0.308. The van der Waals surface area contributed by atoms with Crippen LogP contribution in [0.3, 0.4) is 0 Å². The maximum absolute atomic E-state index is 10.5. The first-order chi connectivity index (χ1) is 9.46. The molecule has 0 aliphatic carbocycles. The minimum Gasteiger partial charge on any atom is -0.394 e. The van der Waals surface area contributed by atoms with Crippen LogP contribution in [0, 0.1) is 0 Å². The van der Waals surface area contributed by atoms with Gasteiger partial charge < -0.3 is 25.8 Å². The number of anilines is 1. The van der Waals surface area contributed by atoms with Gasteiger partial charge in [0.2, 0.25) is 0 Å². The molecule has 4 atom stereocenters. The normalized spacial score (nSPS) is 33.9. The Hall–Kier alpha value is -1.74. The van der Waals surface area contributed by atoms with Gasteiger partial charge in [0.25, 0.3) is 0 Å². The van der Waals surface area contributed by atoms with Gasteiger partial charge in [0.05, 0.1) is 12.3 Å². The highest BCUT2D eigenvalue weighted by molar-refractivity contribution is 5.65. The Bertz CT molecular complexity index is 641. The van der Waals surface area contributed by atoms with Crippen LogP contribution in [0.1, 0.15) is 18.7 Å². The first-order valence-electron chi connectivity index (χ1n) is 6.21. The van der Waals surface area contributed by atoms with Crippen LogP contribution in [0.4, 0.5) is 5.82 Å². The van der Waals surface area contributed by atoms with E-state index in [2.05, 4.69) is 10.1 Å². The molecule has 1 aliphatic heterocycles. The molecule has 5 N–H and O–H groups in total. The molecule has 20 heavy (non-hydrogen) atoms. The van der Waals surface area contributed by atoms with E-state index in [9.17, 15) is 15.3 Å². The second kappa shape index (κ2) is 4.38. The summed E-state index contributed by atoms with van der Waals surface area (Å²) in [6, 6.07) is 3.41. The number of nitrogens with zero attached hydrogens (tertiary/aromatic N) is 3. The highest BCUT2D eigenvalue weighted by atomic mass is 16.6. The predicted octanol–water partition coefficient (Wildman–Crippen LogP) is -1.14. The van der Waals surface area contributed by atoms with Crippen molar-refractivity contribution in [2.75, 3.05) is 12.3 Å². The topological polar surface area (TPSA) is 126 Å². The molecule has 0 radical (unpaired) electrons. The third kappa shape index (κ3) is 1.70. The van der Waals surface area contributed by atoms with Gasteiger partial charge in [-0.3, -0.25) is 0 Å². The van der Waals surface area contributed by atoms with Gasteiger partial charge in [-0.15, -0.1) is 0 Å². The molecule has 0 saturated carbocycles. The summed E-state index contributed by atoms with van der Waals surface area (Å²) in [5, 5.41) is 33.7. The monoisotopic (exact) mass is 280 g/mol. The Morgan fingerprint density at radius 2 is 2.25 bits per heavy atom. The van der Waals surface area contributed by atoms with Gasteiger partial charge in [0.1, 0.15) is 35.8 Å². The van der Waals surface area contributed by atoms with Gasteiger partial charge in [-0.25, -0.2) is 9.50 Å². The van der Waals surface area contributed by atoms with Crippen molar-refractivity contribution in [1.29, 1.82) is 0 Å². The summed E-state index contributed by atoms with van der Waals surface area (Å²) in [5.41, 5.74) is 5.33. The lowest BCUT2D eigenvalue weighted by Gasteiger charge is -2.26. The summed E-state index contributed by atoms with van der Waals surface area (Å²) >= 11 is 0. The number of ether oxygens (including phenoxy) is 1. The van der Waals surface area contributed by atoms with Crippen LogP contribution in [-0.2, 0) is 4.74 Å². The van der Waals surface area contributed by atoms with Crippen molar-refractivity contribution >= 4 is 11.3 Å². The second-order valence-corrected chi connectivity index (χ2v) is 5.11. The van der Waals surface area contributed by atoms with Crippen LogP contribution >= 0.6 is 0 Å². The highest BCUT2D eigenvalue weighted by Gasteiger charge is 2.53. The van der Waals surface area contributed by atoms with Gasteiger partial charge in [0, 0.05) is 0 Å². The number of fused-ring (bicyclic) bond motifs is 1. The molecule has 0 spiro atoms. The molecule has 1 unspecified atom stereocenters. The van der Waals surface area contributed by atoms with E-state index in [0.29, 0.717) is 17.0 Å². The van der Waals surface area contributed by atoms with E-state index in [1.807, 2.05) is 0 Å². The molecule has 1 saturated heterocycles. The molecule has 108 valence electrons. The Labute approximate surface area is 114 Å². The molecule has 8 heteroatoms. The zero-order valence-electron chi connectivity index (χ0n) is 10.8. The molecule has 3 heterocycles. The smallest absolute Gasteiger partial charge is 0.151 e. The number of nitrogens with two attached hydrogens (primary N) is 1. The summed E-state index contributed by atoms with van der Waals surface area (Å²) in [5.74, 6) is 0.308. The number of aliphatic hydroxyl groups excluding tert-OH is 2. The van der Waals surface area contributed by atoms with Crippen LogP contribution in [-0.4, -0.2) is 54.3 Å². The summed E-state index contributed by atoms with van der Waals surface area (Å²) in [6.45, 7) is 1.08. The molecule has 0 amide bonds. The third-order valence-corrected chi connectivity index (χ3v) is 3.75. The molecule has 1 fully saturated rings. The second-order valence-electron chi connectivity index (χ2n) is 5.11. The van der Waals surface area contributed by atoms with Crippen molar-refractivity contribution in [2.45, 2.75) is 30.8 Å². The van der Waals surface area contributed by atoms with Gasteiger partial charge >= 0.3 is 0 Å². The zero-order valence-corrected chi connectivity index (χ0v) is 10.8. The molecular formula is C12H16N4O4. The van der Waals surface area contributed by atoms with Crippen molar-refractivity contribution in [3.8, 4) is 0 Å². The van der Waals surface area contributed by atoms with E-state index in [0.717, 1.165) is 0 Å². The average molecular weight is 280 g/mol. The minimum atomic E-state index is -1.54. The van der Waals surface area contributed by atoms with E-state index in [1.165, 1.54) is 17.8 Å². The Kier molecular flexibility index (Phi) is 2.91. The number of aromatic nitrogens is 3. The van der Waals surface area contributed by atoms with Crippen molar-refractivity contribution in [3.05, 3.63) is 24.2 Å². The van der Waals surface area contributed by atoms with E-state index in [1.54, 1.807) is 12.1 Å². The zero-order chi connectivity index (χ0) is 14.5. The molecule has 2 aromatic rings. The van der Waals surface area contributed by atoms with Crippen molar-refractivity contribution in [3.63, 3.8) is 0 Å². The molecule has 0 bridgehead atoms. The highest BCUT2D eigenvalue weighted by Crippen LogP contribution is 2.41. The van der Waals surface area contributed by atoms with E-state index in [-0.39, 0.29) is 6.61 Å². The summed E-state index contributed by atoms with van der Waals surface area (Å²) in [4.78, 5) is 3.88. The lowest BCUT2D eigenvalue weighted by atomic mass is 9.91. The fraction of sp³-hybridized carbons (Fsp3) is 0.500. The third-order valence-electron chi connectivity index (χ3n) is 3.75. The van der Waals surface area contributed by atoms with E-state index >= 15 is 0 Å². The summed E-state index contributed by atoms with van der Waals surface area (Å²) in [7, 11) is 0. The van der Waals surface area contributed by atoms with Crippen molar-refractivity contribution in [1.82, 2.24) is 14.6 Å². The van der Waals surface area contributed by atoms with Crippen molar-refractivity contribution in [2.24, 2.45) is 0 Å². The van der Waals surface area contributed by atoms with Crippen LogP contribution in [0.25, 0.3) is 5.52 Å². The Morgan fingerprint density at radius 3 is 2.90 bits per heavy atom. The summed E-state index contributed by atoms with van der Waals surface area (Å²) < 4.78 is 7.07. The quantitative estimate of drug-likeness (QED) is 0.547. The number of aliphatic hydroxyl groups is 3. The van der Waals surface area contributed by atoms with E-state index < -0.39 is 23.9 Å². The predicted molar refractivity (Wildman–Crippen MR) is 68.7 cm³/mol. The molecule has 3 rings (SSSR count). The van der Waals surface area contributed by atoms with Gasteiger partial charge in [-0.2, -0.15) is 5.10 Å². The summed E-state index contributed by atoms with van der Waals surface area (Å²) in [6.07, 6.45) is -1.57. The molecule has 1 aliphatic rings. The average Bonchev–Trinajstić information content (AvgIpc) is 2.92. The Balaban J connectivity index is 2.10. The number of hydrogen-bond donors (Lipinski definition) is 4.